The van der Waals surface area contributed by atoms with Crippen molar-refractivity contribution < 1.29 is 9.53 Å². The van der Waals surface area contributed by atoms with Crippen molar-refractivity contribution in [3.05, 3.63) is 64.3 Å². The van der Waals surface area contributed by atoms with Gasteiger partial charge in [0.15, 0.2) is 6.61 Å². The molecule has 0 atom stereocenters. The summed E-state index contributed by atoms with van der Waals surface area (Å²) in [6.07, 6.45) is 1.54. The lowest BCUT2D eigenvalue weighted by Crippen LogP contribution is -2.18. The molecule has 0 saturated heterocycles. The molecule has 0 radical (unpaired) electrons. The lowest BCUT2D eigenvalue weighted by molar-refractivity contribution is 0.0843. The Hall–Kier alpha value is -2.77. The monoisotopic (exact) mass is 338 g/mol. The van der Waals surface area contributed by atoms with Crippen molar-refractivity contribution >= 4 is 28.4 Å². The number of rotatable bonds is 3. The Labute approximate surface area is 144 Å². The summed E-state index contributed by atoms with van der Waals surface area (Å²) in [5.74, 6) is 0.247. The van der Waals surface area contributed by atoms with Gasteiger partial charge in [-0.05, 0) is 37.1 Å². The molecule has 0 aliphatic rings. The maximum Gasteiger partial charge on any atom is 0.269 e. The molecule has 0 spiro atoms. The number of nitriles is 1. The van der Waals surface area contributed by atoms with Gasteiger partial charge < -0.3 is 4.74 Å². The van der Waals surface area contributed by atoms with E-state index in [1.807, 2.05) is 38.1 Å². The third-order valence-corrected chi connectivity index (χ3v) is 4.10. The van der Waals surface area contributed by atoms with Crippen molar-refractivity contribution in [2.75, 3.05) is 6.61 Å². The van der Waals surface area contributed by atoms with E-state index in [4.69, 9.17) is 16.3 Å². The molecule has 120 valence electrons. The molecular formula is C19H15ClN2O2. The summed E-state index contributed by atoms with van der Waals surface area (Å²) >= 11 is 6.20. The molecule has 0 unspecified atom stereocenters. The van der Waals surface area contributed by atoms with Gasteiger partial charge in [0.05, 0.1) is 16.1 Å². The summed E-state index contributed by atoms with van der Waals surface area (Å²) in [6.45, 7) is 3.67. The van der Waals surface area contributed by atoms with Crippen molar-refractivity contribution in [2.24, 2.45) is 0 Å². The highest BCUT2D eigenvalue weighted by Crippen LogP contribution is 2.30. The van der Waals surface area contributed by atoms with Crippen LogP contribution in [0.2, 0.25) is 5.02 Å². The number of hydrogen-bond acceptors (Lipinski definition) is 3. The summed E-state index contributed by atoms with van der Waals surface area (Å²) in [5, 5.41) is 10.4. The first-order valence-electron chi connectivity index (χ1n) is 7.44. The molecule has 0 fully saturated rings. The van der Waals surface area contributed by atoms with E-state index in [-0.39, 0.29) is 12.5 Å². The first-order valence-corrected chi connectivity index (χ1v) is 7.82. The first kappa shape index (κ1) is 16.1. The van der Waals surface area contributed by atoms with Crippen LogP contribution in [-0.4, -0.2) is 17.1 Å². The number of fused-ring (bicyclic) bond motifs is 1. The van der Waals surface area contributed by atoms with Crippen LogP contribution in [0.3, 0.4) is 0 Å². The van der Waals surface area contributed by atoms with E-state index in [0.717, 1.165) is 16.5 Å². The maximum atomic E-state index is 12.5. The van der Waals surface area contributed by atoms with E-state index in [9.17, 15) is 10.1 Å². The largest absolute Gasteiger partial charge is 0.482 e. The Morgan fingerprint density at radius 3 is 2.75 bits per heavy atom. The number of halogens is 1. The first-order chi connectivity index (χ1) is 11.5. The molecule has 24 heavy (non-hydrogen) atoms. The third-order valence-electron chi connectivity index (χ3n) is 3.81. The number of ether oxygens (including phenoxy) is 1. The molecule has 3 aromatic rings. The van der Waals surface area contributed by atoms with Crippen LogP contribution in [0.1, 0.15) is 21.5 Å². The summed E-state index contributed by atoms with van der Waals surface area (Å²) in [4.78, 5) is 12.5. The van der Waals surface area contributed by atoms with Crippen LogP contribution in [0.25, 0.3) is 10.9 Å². The van der Waals surface area contributed by atoms with Gasteiger partial charge in [-0.25, -0.2) is 0 Å². The van der Waals surface area contributed by atoms with Crippen LogP contribution in [0, 0.1) is 25.2 Å². The molecule has 0 amide bonds. The fourth-order valence-corrected chi connectivity index (χ4v) is 3.14. The standard InChI is InChI=1S/C19H15ClN2O2/c1-12-7-13(2)19(16(20)8-12)24-11-18(23)22-10-14(9-21)15-5-3-4-6-17(15)22/h3-8,10H,11H2,1-2H3. The molecule has 2 aromatic carbocycles. The fraction of sp³-hybridized carbons (Fsp3) is 0.158. The molecule has 0 N–H and O–H groups in total. The van der Waals surface area contributed by atoms with Crippen LogP contribution in [0.15, 0.2) is 42.6 Å². The number of nitrogens with zero attached hydrogens (tertiary/aromatic N) is 2. The highest BCUT2D eigenvalue weighted by molar-refractivity contribution is 6.32. The van der Waals surface area contributed by atoms with Gasteiger partial charge in [0.2, 0.25) is 0 Å². The van der Waals surface area contributed by atoms with Crippen molar-refractivity contribution in [2.45, 2.75) is 13.8 Å². The van der Waals surface area contributed by atoms with E-state index in [0.29, 0.717) is 21.9 Å². The molecule has 0 saturated carbocycles. The number of hydrogen-bond donors (Lipinski definition) is 0. The smallest absolute Gasteiger partial charge is 0.269 e. The third kappa shape index (κ3) is 2.86. The van der Waals surface area contributed by atoms with Crippen LogP contribution in [0.5, 0.6) is 5.75 Å². The lowest BCUT2D eigenvalue weighted by atomic mass is 10.1. The van der Waals surface area contributed by atoms with Gasteiger partial charge in [0, 0.05) is 11.6 Å². The molecule has 0 bridgehead atoms. The van der Waals surface area contributed by atoms with Gasteiger partial charge in [-0.15, -0.1) is 0 Å². The van der Waals surface area contributed by atoms with E-state index in [2.05, 4.69) is 6.07 Å². The molecule has 1 heterocycles. The van der Waals surface area contributed by atoms with E-state index in [1.165, 1.54) is 4.57 Å². The number of para-hydroxylation sites is 1. The molecule has 0 aliphatic heterocycles. The summed E-state index contributed by atoms with van der Waals surface area (Å²) < 4.78 is 7.10. The predicted molar refractivity (Wildman–Crippen MR) is 93.7 cm³/mol. The van der Waals surface area contributed by atoms with Crippen molar-refractivity contribution in [1.29, 1.82) is 5.26 Å². The zero-order valence-corrected chi connectivity index (χ0v) is 14.1. The van der Waals surface area contributed by atoms with Crippen LogP contribution >= 0.6 is 11.6 Å². The highest BCUT2D eigenvalue weighted by Gasteiger charge is 2.15. The number of aromatic nitrogens is 1. The van der Waals surface area contributed by atoms with Crippen molar-refractivity contribution in [3.8, 4) is 11.8 Å². The summed E-state index contributed by atoms with van der Waals surface area (Å²) in [6, 6.07) is 13.1. The Kier molecular flexibility index (Phi) is 4.28. The average Bonchev–Trinajstić information content (AvgIpc) is 2.92. The minimum atomic E-state index is -0.260. The van der Waals surface area contributed by atoms with Gasteiger partial charge in [0.25, 0.3) is 5.91 Å². The Morgan fingerprint density at radius 2 is 2.04 bits per heavy atom. The number of carbonyl (C=O) groups excluding carboxylic acids is 1. The van der Waals surface area contributed by atoms with Gasteiger partial charge in [-0.2, -0.15) is 5.26 Å². The Balaban J connectivity index is 1.88. The molecule has 3 rings (SSSR count). The minimum absolute atomic E-state index is 0.160. The van der Waals surface area contributed by atoms with Crippen LogP contribution < -0.4 is 4.74 Å². The van der Waals surface area contributed by atoms with Gasteiger partial charge in [-0.3, -0.25) is 9.36 Å². The summed E-state index contributed by atoms with van der Waals surface area (Å²) in [7, 11) is 0. The Bertz CT molecular complexity index is 960. The topological polar surface area (TPSA) is 55.0 Å². The van der Waals surface area contributed by atoms with Gasteiger partial charge >= 0.3 is 0 Å². The minimum Gasteiger partial charge on any atom is -0.482 e. The number of benzene rings is 2. The second-order valence-electron chi connectivity index (χ2n) is 5.62. The molecule has 5 heteroatoms. The molecule has 4 nitrogen and oxygen atoms in total. The van der Waals surface area contributed by atoms with Crippen molar-refractivity contribution in [3.63, 3.8) is 0 Å². The van der Waals surface area contributed by atoms with Gasteiger partial charge in [-0.1, -0.05) is 35.9 Å². The normalized spacial score (nSPS) is 10.6. The lowest BCUT2D eigenvalue weighted by Gasteiger charge is -2.12. The molecule has 1 aromatic heterocycles. The second-order valence-corrected chi connectivity index (χ2v) is 6.02. The SMILES string of the molecule is Cc1cc(C)c(OCC(=O)n2cc(C#N)c3ccccc32)c(Cl)c1. The van der Waals surface area contributed by atoms with Crippen LogP contribution in [-0.2, 0) is 0 Å². The number of aryl methyl sites for hydroxylation is 2. The molecule has 0 aliphatic carbocycles. The second kappa shape index (κ2) is 6.38. The van der Waals surface area contributed by atoms with E-state index in [1.54, 1.807) is 18.3 Å². The van der Waals surface area contributed by atoms with Gasteiger partial charge in [0.1, 0.15) is 11.8 Å². The highest BCUT2D eigenvalue weighted by atomic mass is 35.5. The average molecular weight is 339 g/mol. The maximum absolute atomic E-state index is 12.5. The summed E-state index contributed by atoms with van der Waals surface area (Å²) in [5.41, 5.74) is 3.06. The van der Waals surface area contributed by atoms with E-state index < -0.39 is 0 Å². The molecular weight excluding hydrogens is 324 g/mol. The quantitative estimate of drug-likeness (QED) is 0.706. The zero-order chi connectivity index (χ0) is 17.3. The predicted octanol–water partition coefficient (Wildman–Crippen LogP) is 4.50. The van der Waals surface area contributed by atoms with Crippen molar-refractivity contribution in [1.82, 2.24) is 4.57 Å². The fourth-order valence-electron chi connectivity index (χ4n) is 2.76. The zero-order valence-electron chi connectivity index (χ0n) is 13.3. The van der Waals surface area contributed by atoms with Crippen LogP contribution in [0.4, 0.5) is 0 Å². The van der Waals surface area contributed by atoms with E-state index >= 15 is 0 Å². The number of carbonyl (C=O) groups is 1. The Morgan fingerprint density at radius 1 is 1.29 bits per heavy atom.